The first-order valence-electron chi connectivity index (χ1n) is 6.02. The van der Waals surface area contributed by atoms with E-state index in [-0.39, 0.29) is 5.54 Å². The molecule has 0 spiro atoms. The Morgan fingerprint density at radius 2 is 2.00 bits per heavy atom. The lowest BCUT2D eigenvalue weighted by atomic mass is 10.00. The van der Waals surface area contributed by atoms with Gasteiger partial charge in [-0.15, -0.1) is 0 Å². The Morgan fingerprint density at radius 3 is 2.43 bits per heavy atom. The molecule has 1 aliphatic rings. The van der Waals surface area contributed by atoms with Gasteiger partial charge < -0.3 is 10.6 Å². The van der Waals surface area contributed by atoms with E-state index in [0.717, 1.165) is 12.3 Å². The molecular weight excluding hydrogens is 172 g/mol. The van der Waals surface area contributed by atoms with Crippen LogP contribution in [-0.4, -0.2) is 30.1 Å². The molecule has 1 saturated carbocycles. The SMILES string of the molecule is CCN(CCCC(C)(C)N)CC1CC1. The smallest absolute Gasteiger partial charge is 0.00975 e. The quantitative estimate of drug-likeness (QED) is 0.680. The van der Waals surface area contributed by atoms with Gasteiger partial charge in [-0.1, -0.05) is 6.92 Å². The van der Waals surface area contributed by atoms with E-state index in [1.807, 2.05) is 0 Å². The highest BCUT2D eigenvalue weighted by Gasteiger charge is 2.23. The van der Waals surface area contributed by atoms with Crippen LogP contribution in [0.1, 0.15) is 46.5 Å². The number of nitrogens with zero attached hydrogens (tertiary/aromatic N) is 1. The van der Waals surface area contributed by atoms with E-state index in [9.17, 15) is 0 Å². The Kier molecular flexibility index (Phi) is 4.39. The second kappa shape index (κ2) is 5.13. The lowest BCUT2D eigenvalue weighted by Gasteiger charge is -2.23. The number of nitrogens with two attached hydrogens (primary N) is 1. The fourth-order valence-electron chi connectivity index (χ4n) is 1.80. The van der Waals surface area contributed by atoms with Gasteiger partial charge in [-0.25, -0.2) is 0 Å². The Labute approximate surface area is 88.8 Å². The zero-order chi connectivity index (χ0) is 10.6. The van der Waals surface area contributed by atoms with Crippen molar-refractivity contribution in [3.05, 3.63) is 0 Å². The fourth-order valence-corrected chi connectivity index (χ4v) is 1.80. The van der Waals surface area contributed by atoms with Crippen LogP contribution < -0.4 is 5.73 Å². The molecule has 2 nitrogen and oxygen atoms in total. The minimum absolute atomic E-state index is 0.0129. The van der Waals surface area contributed by atoms with Gasteiger partial charge in [0.15, 0.2) is 0 Å². The summed E-state index contributed by atoms with van der Waals surface area (Å²) in [7, 11) is 0. The van der Waals surface area contributed by atoms with Gasteiger partial charge in [0.2, 0.25) is 0 Å². The first-order chi connectivity index (χ1) is 6.51. The largest absolute Gasteiger partial charge is 0.326 e. The molecule has 1 rings (SSSR count). The molecule has 2 N–H and O–H groups in total. The average molecular weight is 198 g/mol. The van der Waals surface area contributed by atoms with Crippen molar-refractivity contribution >= 4 is 0 Å². The molecule has 0 saturated heterocycles. The van der Waals surface area contributed by atoms with Crippen molar-refractivity contribution in [2.75, 3.05) is 19.6 Å². The molecule has 0 aromatic carbocycles. The second-order valence-corrected chi connectivity index (χ2v) is 5.43. The summed E-state index contributed by atoms with van der Waals surface area (Å²) >= 11 is 0. The van der Waals surface area contributed by atoms with E-state index in [2.05, 4.69) is 25.7 Å². The van der Waals surface area contributed by atoms with Gasteiger partial charge in [0.1, 0.15) is 0 Å². The van der Waals surface area contributed by atoms with Crippen LogP contribution in [0.25, 0.3) is 0 Å². The van der Waals surface area contributed by atoms with Crippen LogP contribution in [0.2, 0.25) is 0 Å². The van der Waals surface area contributed by atoms with Crippen LogP contribution in [-0.2, 0) is 0 Å². The molecule has 1 aliphatic carbocycles. The molecule has 0 aromatic rings. The normalized spacial score (nSPS) is 17.8. The molecule has 0 aromatic heterocycles. The van der Waals surface area contributed by atoms with Crippen LogP contribution in [0.4, 0.5) is 0 Å². The Hall–Kier alpha value is -0.0800. The van der Waals surface area contributed by atoms with Crippen LogP contribution in [0.5, 0.6) is 0 Å². The topological polar surface area (TPSA) is 29.3 Å². The summed E-state index contributed by atoms with van der Waals surface area (Å²) in [4.78, 5) is 2.57. The standard InChI is InChI=1S/C12H26N2/c1-4-14(10-11-6-7-11)9-5-8-12(2,3)13/h11H,4-10,13H2,1-3H3. The van der Waals surface area contributed by atoms with Gasteiger partial charge in [0, 0.05) is 12.1 Å². The molecule has 0 unspecified atom stereocenters. The van der Waals surface area contributed by atoms with Crippen molar-refractivity contribution < 1.29 is 0 Å². The van der Waals surface area contributed by atoms with E-state index < -0.39 is 0 Å². The van der Waals surface area contributed by atoms with Gasteiger partial charge in [-0.2, -0.15) is 0 Å². The van der Waals surface area contributed by atoms with Gasteiger partial charge in [-0.05, 0) is 58.5 Å². The van der Waals surface area contributed by atoms with E-state index in [0.29, 0.717) is 0 Å². The second-order valence-electron chi connectivity index (χ2n) is 5.43. The maximum Gasteiger partial charge on any atom is 0.00975 e. The predicted molar refractivity (Wildman–Crippen MR) is 62.3 cm³/mol. The van der Waals surface area contributed by atoms with Gasteiger partial charge in [-0.3, -0.25) is 0 Å². The summed E-state index contributed by atoms with van der Waals surface area (Å²) in [6.07, 6.45) is 5.29. The molecule has 0 amide bonds. The summed E-state index contributed by atoms with van der Waals surface area (Å²) < 4.78 is 0. The Bertz CT molecular complexity index is 156. The molecule has 0 radical (unpaired) electrons. The number of rotatable bonds is 7. The Balaban J connectivity index is 2.07. The summed E-state index contributed by atoms with van der Waals surface area (Å²) in [5.41, 5.74) is 5.97. The molecule has 0 atom stereocenters. The maximum atomic E-state index is 5.96. The summed E-state index contributed by atoms with van der Waals surface area (Å²) in [6, 6.07) is 0. The van der Waals surface area contributed by atoms with Crippen LogP contribution in [0, 0.1) is 5.92 Å². The lowest BCUT2D eigenvalue weighted by molar-refractivity contribution is 0.261. The minimum atomic E-state index is 0.0129. The monoisotopic (exact) mass is 198 g/mol. The molecule has 84 valence electrons. The highest BCUT2D eigenvalue weighted by molar-refractivity contribution is 4.78. The molecule has 0 aliphatic heterocycles. The fraction of sp³-hybridized carbons (Fsp3) is 1.00. The van der Waals surface area contributed by atoms with Crippen molar-refractivity contribution in [3.8, 4) is 0 Å². The van der Waals surface area contributed by atoms with Crippen molar-refractivity contribution in [2.24, 2.45) is 11.7 Å². The van der Waals surface area contributed by atoms with E-state index in [1.54, 1.807) is 0 Å². The van der Waals surface area contributed by atoms with Crippen LogP contribution >= 0.6 is 0 Å². The van der Waals surface area contributed by atoms with Crippen molar-refractivity contribution in [1.82, 2.24) is 4.90 Å². The van der Waals surface area contributed by atoms with E-state index in [1.165, 1.54) is 38.9 Å². The average Bonchev–Trinajstić information content (AvgIpc) is 2.84. The van der Waals surface area contributed by atoms with Gasteiger partial charge >= 0.3 is 0 Å². The third kappa shape index (κ3) is 5.61. The molecule has 1 fully saturated rings. The number of hydrogen-bond donors (Lipinski definition) is 1. The third-order valence-electron chi connectivity index (χ3n) is 2.96. The highest BCUT2D eigenvalue weighted by Crippen LogP contribution is 2.29. The van der Waals surface area contributed by atoms with Crippen molar-refractivity contribution in [2.45, 2.75) is 52.0 Å². The molecule has 0 bridgehead atoms. The molecular formula is C12H26N2. The predicted octanol–water partition coefficient (Wildman–Crippen LogP) is 2.24. The van der Waals surface area contributed by atoms with E-state index >= 15 is 0 Å². The molecule has 0 heterocycles. The molecule has 2 heteroatoms. The number of hydrogen-bond acceptors (Lipinski definition) is 2. The maximum absolute atomic E-state index is 5.96. The molecule has 14 heavy (non-hydrogen) atoms. The van der Waals surface area contributed by atoms with Gasteiger partial charge in [0.05, 0.1) is 0 Å². The first-order valence-corrected chi connectivity index (χ1v) is 6.02. The lowest BCUT2D eigenvalue weighted by Crippen LogP contribution is -2.34. The third-order valence-corrected chi connectivity index (χ3v) is 2.96. The van der Waals surface area contributed by atoms with Crippen LogP contribution in [0.15, 0.2) is 0 Å². The Morgan fingerprint density at radius 1 is 1.36 bits per heavy atom. The zero-order valence-electron chi connectivity index (χ0n) is 10.1. The summed E-state index contributed by atoms with van der Waals surface area (Å²) in [6.45, 7) is 10.2. The first kappa shape index (κ1) is 12.0. The highest BCUT2D eigenvalue weighted by atomic mass is 15.1. The van der Waals surface area contributed by atoms with Crippen LogP contribution in [0.3, 0.4) is 0 Å². The summed E-state index contributed by atoms with van der Waals surface area (Å²) in [5, 5.41) is 0. The zero-order valence-corrected chi connectivity index (χ0v) is 10.1. The minimum Gasteiger partial charge on any atom is -0.326 e. The summed E-state index contributed by atoms with van der Waals surface area (Å²) in [5.74, 6) is 1.01. The van der Waals surface area contributed by atoms with E-state index in [4.69, 9.17) is 5.73 Å². The van der Waals surface area contributed by atoms with Gasteiger partial charge in [0.25, 0.3) is 0 Å². The van der Waals surface area contributed by atoms with Crippen molar-refractivity contribution in [3.63, 3.8) is 0 Å². The van der Waals surface area contributed by atoms with Crippen molar-refractivity contribution in [1.29, 1.82) is 0 Å².